The predicted molar refractivity (Wildman–Crippen MR) is 119 cm³/mol. The Labute approximate surface area is 186 Å². The summed E-state index contributed by atoms with van der Waals surface area (Å²) < 4.78 is 6.79. The van der Waals surface area contributed by atoms with Gasteiger partial charge in [-0.05, 0) is 44.9 Å². The van der Waals surface area contributed by atoms with E-state index < -0.39 is 0 Å². The van der Waals surface area contributed by atoms with Crippen LogP contribution < -0.4 is 10.1 Å². The van der Waals surface area contributed by atoms with Crippen LogP contribution in [0.5, 0.6) is 5.75 Å². The topological polar surface area (TPSA) is 113 Å². The standard InChI is InChI=1S/C23H26N6O3/c1-5-28(14-21(30)27-18-7-6-8-19(11-18)32-4)22(31)10-9-20-15(2)26-23-17(12-24)13-25-29(23)16(20)3/h6-8,11,13H,5,9-10,14H2,1-4H3,(H,27,30). The van der Waals surface area contributed by atoms with E-state index in [1.165, 1.54) is 11.1 Å². The summed E-state index contributed by atoms with van der Waals surface area (Å²) in [6.45, 7) is 5.99. The molecule has 9 nitrogen and oxygen atoms in total. The fraction of sp³-hybridized carbons (Fsp3) is 0.348. The summed E-state index contributed by atoms with van der Waals surface area (Å²) >= 11 is 0. The second kappa shape index (κ2) is 9.92. The molecule has 2 aromatic heterocycles. The number of carbonyl (C=O) groups excluding carboxylic acids is 2. The SMILES string of the molecule is CCN(CC(=O)Nc1cccc(OC)c1)C(=O)CCc1c(C)nc2c(C#N)cnn2c1C. The van der Waals surface area contributed by atoms with Gasteiger partial charge in [0.15, 0.2) is 5.65 Å². The molecule has 2 heterocycles. The average molecular weight is 435 g/mol. The molecule has 166 valence electrons. The number of benzene rings is 1. The quantitative estimate of drug-likeness (QED) is 0.583. The minimum Gasteiger partial charge on any atom is -0.497 e. The van der Waals surface area contributed by atoms with E-state index in [0.29, 0.717) is 35.6 Å². The summed E-state index contributed by atoms with van der Waals surface area (Å²) in [4.78, 5) is 31.3. The van der Waals surface area contributed by atoms with Crippen LogP contribution in [0.4, 0.5) is 5.69 Å². The van der Waals surface area contributed by atoms with Gasteiger partial charge in [0, 0.05) is 36.1 Å². The first-order valence-electron chi connectivity index (χ1n) is 10.3. The van der Waals surface area contributed by atoms with E-state index in [4.69, 9.17) is 4.74 Å². The molecular weight excluding hydrogens is 408 g/mol. The summed E-state index contributed by atoms with van der Waals surface area (Å²) in [5, 5.41) is 16.2. The molecule has 0 saturated carbocycles. The molecule has 0 aliphatic carbocycles. The normalized spacial score (nSPS) is 10.6. The zero-order valence-electron chi connectivity index (χ0n) is 18.7. The van der Waals surface area contributed by atoms with Crippen LogP contribution in [0, 0.1) is 25.2 Å². The highest BCUT2D eigenvalue weighted by Gasteiger charge is 2.19. The lowest BCUT2D eigenvalue weighted by Gasteiger charge is -2.21. The van der Waals surface area contributed by atoms with Crippen molar-refractivity contribution in [1.29, 1.82) is 5.26 Å². The zero-order chi connectivity index (χ0) is 23.3. The van der Waals surface area contributed by atoms with Gasteiger partial charge in [0.25, 0.3) is 0 Å². The van der Waals surface area contributed by atoms with Crippen molar-refractivity contribution in [3.63, 3.8) is 0 Å². The highest BCUT2D eigenvalue weighted by atomic mass is 16.5. The number of fused-ring (bicyclic) bond motifs is 1. The molecule has 3 aromatic rings. The molecule has 2 amide bonds. The Hall–Kier alpha value is -3.93. The molecule has 9 heteroatoms. The van der Waals surface area contributed by atoms with Crippen LogP contribution in [-0.4, -0.2) is 51.5 Å². The molecule has 0 saturated heterocycles. The summed E-state index contributed by atoms with van der Waals surface area (Å²) in [7, 11) is 1.56. The summed E-state index contributed by atoms with van der Waals surface area (Å²) in [5.74, 6) is 0.247. The maximum atomic E-state index is 12.8. The molecule has 0 bridgehead atoms. The van der Waals surface area contributed by atoms with Crippen molar-refractivity contribution in [3.8, 4) is 11.8 Å². The lowest BCUT2D eigenvalue weighted by Crippen LogP contribution is -2.38. The van der Waals surface area contributed by atoms with Gasteiger partial charge in [-0.2, -0.15) is 10.4 Å². The van der Waals surface area contributed by atoms with E-state index in [1.807, 2.05) is 20.8 Å². The molecule has 0 atom stereocenters. The molecule has 32 heavy (non-hydrogen) atoms. The number of anilines is 1. The molecule has 0 aliphatic rings. The largest absolute Gasteiger partial charge is 0.497 e. The number of aryl methyl sites for hydroxylation is 2. The molecular formula is C23H26N6O3. The summed E-state index contributed by atoms with van der Waals surface area (Å²) in [6, 6.07) is 9.14. The second-order valence-corrected chi connectivity index (χ2v) is 7.35. The number of hydrogen-bond donors (Lipinski definition) is 1. The summed E-state index contributed by atoms with van der Waals surface area (Å²) in [6.07, 6.45) is 2.19. The Morgan fingerprint density at radius 3 is 2.78 bits per heavy atom. The van der Waals surface area contributed by atoms with E-state index in [1.54, 1.807) is 35.9 Å². The molecule has 3 rings (SSSR count). The monoisotopic (exact) mass is 434 g/mol. The number of carbonyl (C=O) groups is 2. The number of nitrogens with one attached hydrogen (secondary N) is 1. The van der Waals surface area contributed by atoms with Gasteiger partial charge in [-0.15, -0.1) is 0 Å². The van der Waals surface area contributed by atoms with Gasteiger partial charge in [-0.25, -0.2) is 9.50 Å². The first-order chi connectivity index (χ1) is 15.4. The van der Waals surface area contributed by atoms with Crippen LogP contribution in [0.15, 0.2) is 30.5 Å². The van der Waals surface area contributed by atoms with Crippen molar-refractivity contribution >= 4 is 23.1 Å². The van der Waals surface area contributed by atoms with Crippen molar-refractivity contribution < 1.29 is 14.3 Å². The number of nitriles is 1. The fourth-order valence-corrected chi connectivity index (χ4v) is 3.59. The van der Waals surface area contributed by atoms with Crippen molar-refractivity contribution in [1.82, 2.24) is 19.5 Å². The molecule has 0 fully saturated rings. The van der Waals surface area contributed by atoms with Crippen LogP contribution >= 0.6 is 0 Å². The maximum absolute atomic E-state index is 12.8. The third-order valence-corrected chi connectivity index (χ3v) is 5.34. The van der Waals surface area contributed by atoms with Gasteiger partial charge >= 0.3 is 0 Å². The van der Waals surface area contributed by atoms with Crippen LogP contribution in [0.3, 0.4) is 0 Å². The average Bonchev–Trinajstić information content (AvgIpc) is 3.20. The molecule has 0 spiro atoms. The third kappa shape index (κ3) is 4.86. The molecule has 0 aliphatic heterocycles. The van der Waals surface area contributed by atoms with E-state index in [2.05, 4.69) is 21.5 Å². The van der Waals surface area contributed by atoms with Gasteiger partial charge in [0.1, 0.15) is 17.4 Å². The Balaban J connectivity index is 1.65. The minimum absolute atomic E-state index is 0.0352. The van der Waals surface area contributed by atoms with Gasteiger partial charge in [-0.3, -0.25) is 9.59 Å². The van der Waals surface area contributed by atoms with Crippen molar-refractivity contribution in [2.45, 2.75) is 33.6 Å². The minimum atomic E-state index is -0.274. The van der Waals surface area contributed by atoms with Gasteiger partial charge in [0.05, 0.1) is 19.9 Å². The number of ether oxygens (including phenoxy) is 1. The zero-order valence-corrected chi connectivity index (χ0v) is 18.7. The van der Waals surface area contributed by atoms with Gasteiger partial charge < -0.3 is 15.0 Å². The first kappa shape index (κ1) is 22.7. The van der Waals surface area contributed by atoms with Crippen molar-refractivity contribution in [2.24, 2.45) is 0 Å². The third-order valence-electron chi connectivity index (χ3n) is 5.34. The van der Waals surface area contributed by atoms with Crippen LogP contribution in [0.2, 0.25) is 0 Å². The van der Waals surface area contributed by atoms with Crippen LogP contribution in [0.25, 0.3) is 5.65 Å². The summed E-state index contributed by atoms with van der Waals surface area (Å²) in [5.41, 5.74) is 4.06. The number of nitrogens with zero attached hydrogens (tertiary/aromatic N) is 5. The molecule has 0 radical (unpaired) electrons. The van der Waals surface area contributed by atoms with Gasteiger partial charge in [-0.1, -0.05) is 6.07 Å². The Kier molecular flexibility index (Phi) is 7.05. The Bertz CT molecular complexity index is 1190. The number of rotatable bonds is 8. The van der Waals surface area contributed by atoms with E-state index in [-0.39, 0.29) is 24.8 Å². The van der Waals surface area contributed by atoms with E-state index in [9.17, 15) is 14.9 Å². The van der Waals surface area contributed by atoms with E-state index >= 15 is 0 Å². The number of hydrogen-bond acceptors (Lipinski definition) is 6. The number of amides is 2. The number of aromatic nitrogens is 3. The number of likely N-dealkylation sites (N-methyl/N-ethyl adjacent to an activating group) is 1. The Morgan fingerprint density at radius 2 is 2.09 bits per heavy atom. The predicted octanol–water partition coefficient (Wildman–Crippen LogP) is 2.65. The maximum Gasteiger partial charge on any atom is 0.243 e. The smallest absolute Gasteiger partial charge is 0.243 e. The highest BCUT2D eigenvalue weighted by Crippen LogP contribution is 2.19. The molecule has 0 unspecified atom stereocenters. The lowest BCUT2D eigenvalue weighted by molar-refractivity contribution is -0.134. The van der Waals surface area contributed by atoms with E-state index in [0.717, 1.165) is 17.0 Å². The second-order valence-electron chi connectivity index (χ2n) is 7.35. The first-order valence-corrected chi connectivity index (χ1v) is 10.3. The molecule has 1 N–H and O–H groups in total. The molecule has 1 aromatic carbocycles. The van der Waals surface area contributed by atoms with Crippen LogP contribution in [0.1, 0.15) is 35.9 Å². The Morgan fingerprint density at radius 1 is 1.31 bits per heavy atom. The lowest BCUT2D eigenvalue weighted by atomic mass is 10.1. The van der Waals surface area contributed by atoms with Gasteiger partial charge in [0.2, 0.25) is 11.8 Å². The van der Waals surface area contributed by atoms with Crippen molar-refractivity contribution in [3.05, 3.63) is 53.0 Å². The number of methoxy groups -OCH3 is 1. The highest BCUT2D eigenvalue weighted by molar-refractivity contribution is 5.94. The van der Waals surface area contributed by atoms with Crippen LogP contribution in [-0.2, 0) is 16.0 Å². The fourth-order valence-electron chi connectivity index (χ4n) is 3.59. The van der Waals surface area contributed by atoms with Crippen molar-refractivity contribution in [2.75, 3.05) is 25.5 Å².